The molecule has 2 N–H and O–H groups in total. The number of ether oxygens (including phenoxy) is 1. The van der Waals surface area contributed by atoms with E-state index in [0.717, 1.165) is 12.3 Å². The zero-order valence-electron chi connectivity index (χ0n) is 9.28. The summed E-state index contributed by atoms with van der Waals surface area (Å²) in [4.78, 5) is 0. The molecule has 0 aromatic heterocycles. The van der Waals surface area contributed by atoms with Crippen LogP contribution in [0.3, 0.4) is 0 Å². The van der Waals surface area contributed by atoms with Gasteiger partial charge in [-0.2, -0.15) is 0 Å². The highest BCUT2D eigenvalue weighted by Gasteiger charge is 2.27. The Hall–Kier alpha value is -1.02. The summed E-state index contributed by atoms with van der Waals surface area (Å²) in [6.45, 7) is 0.816. The molecule has 15 heavy (non-hydrogen) atoms. The third-order valence-corrected chi connectivity index (χ3v) is 3.51. The maximum atomic E-state index is 5.79. The summed E-state index contributed by atoms with van der Waals surface area (Å²) in [5.41, 5.74) is 7.21. The van der Waals surface area contributed by atoms with E-state index in [1.165, 1.54) is 24.8 Å². The van der Waals surface area contributed by atoms with E-state index >= 15 is 0 Å². The van der Waals surface area contributed by atoms with Crippen molar-refractivity contribution in [2.75, 3.05) is 13.7 Å². The largest absolute Gasteiger partial charge is 0.497 e. The molecule has 0 radical (unpaired) electrons. The van der Waals surface area contributed by atoms with Gasteiger partial charge in [0.25, 0.3) is 0 Å². The monoisotopic (exact) mass is 205 g/mol. The lowest BCUT2D eigenvalue weighted by atomic mass is 9.89. The van der Waals surface area contributed by atoms with Crippen LogP contribution < -0.4 is 10.5 Å². The maximum absolute atomic E-state index is 5.79. The van der Waals surface area contributed by atoms with Crippen molar-refractivity contribution in [3.05, 3.63) is 29.8 Å². The van der Waals surface area contributed by atoms with Gasteiger partial charge in [0, 0.05) is 0 Å². The number of methoxy groups -OCH3 is 1. The molecule has 1 aromatic carbocycles. The second kappa shape index (κ2) is 4.67. The van der Waals surface area contributed by atoms with E-state index in [-0.39, 0.29) is 0 Å². The second-order valence-electron chi connectivity index (χ2n) is 4.31. The summed E-state index contributed by atoms with van der Waals surface area (Å²) < 4.78 is 5.16. The molecule has 0 spiro atoms. The van der Waals surface area contributed by atoms with Gasteiger partial charge < -0.3 is 10.5 Å². The molecule has 0 saturated heterocycles. The molecule has 1 fully saturated rings. The van der Waals surface area contributed by atoms with Gasteiger partial charge in [-0.3, -0.25) is 0 Å². The minimum Gasteiger partial charge on any atom is -0.497 e. The molecular weight excluding hydrogens is 186 g/mol. The molecule has 0 heterocycles. The van der Waals surface area contributed by atoms with Gasteiger partial charge in [0.05, 0.1) is 7.11 Å². The SMILES string of the molecule is COc1ccc(C2CCCC2CN)cc1. The molecule has 2 unspecified atom stereocenters. The normalized spacial score (nSPS) is 25.5. The first-order valence-corrected chi connectivity index (χ1v) is 5.69. The Bertz CT molecular complexity index is 307. The van der Waals surface area contributed by atoms with Gasteiger partial charge in [-0.15, -0.1) is 0 Å². The van der Waals surface area contributed by atoms with E-state index in [4.69, 9.17) is 10.5 Å². The molecule has 2 heteroatoms. The van der Waals surface area contributed by atoms with Gasteiger partial charge in [0.1, 0.15) is 5.75 Å². The molecule has 2 nitrogen and oxygen atoms in total. The van der Waals surface area contributed by atoms with Gasteiger partial charge in [0.15, 0.2) is 0 Å². The second-order valence-corrected chi connectivity index (χ2v) is 4.31. The Balaban J connectivity index is 2.14. The average molecular weight is 205 g/mol. The van der Waals surface area contributed by atoms with E-state index in [1.54, 1.807) is 7.11 Å². The molecule has 82 valence electrons. The minimum absolute atomic E-state index is 0.668. The van der Waals surface area contributed by atoms with E-state index in [2.05, 4.69) is 12.1 Å². The van der Waals surface area contributed by atoms with E-state index in [0.29, 0.717) is 11.8 Å². The molecule has 1 aliphatic rings. The van der Waals surface area contributed by atoms with Crippen molar-refractivity contribution in [2.24, 2.45) is 11.7 Å². The molecule has 1 aliphatic carbocycles. The minimum atomic E-state index is 0.668. The molecule has 2 atom stereocenters. The van der Waals surface area contributed by atoms with Gasteiger partial charge in [-0.1, -0.05) is 18.6 Å². The summed E-state index contributed by atoms with van der Waals surface area (Å²) in [5.74, 6) is 2.28. The zero-order valence-corrected chi connectivity index (χ0v) is 9.28. The van der Waals surface area contributed by atoms with Crippen LogP contribution in [-0.2, 0) is 0 Å². The molecule has 0 bridgehead atoms. The Morgan fingerprint density at radius 2 is 2.00 bits per heavy atom. The van der Waals surface area contributed by atoms with Crippen LogP contribution in [-0.4, -0.2) is 13.7 Å². The number of rotatable bonds is 3. The molecule has 1 saturated carbocycles. The summed E-state index contributed by atoms with van der Waals surface area (Å²) >= 11 is 0. The highest BCUT2D eigenvalue weighted by molar-refractivity contribution is 5.30. The number of benzene rings is 1. The number of nitrogens with two attached hydrogens (primary N) is 1. The van der Waals surface area contributed by atoms with Gasteiger partial charge in [0.2, 0.25) is 0 Å². The number of hydrogen-bond donors (Lipinski definition) is 1. The van der Waals surface area contributed by atoms with Gasteiger partial charge >= 0.3 is 0 Å². The van der Waals surface area contributed by atoms with Crippen LogP contribution in [0.25, 0.3) is 0 Å². The van der Waals surface area contributed by atoms with Crippen LogP contribution in [0.1, 0.15) is 30.7 Å². The number of hydrogen-bond acceptors (Lipinski definition) is 2. The van der Waals surface area contributed by atoms with E-state index in [9.17, 15) is 0 Å². The third-order valence-electron chi connectivity index (χ3n) is 3.51. The first kappa shape index (κ1) is 10.5. The quantitative estimate of drug-likeness (QED) is 0.823. The van der Waals surface area contributed by atoms with Crippen molar-refractivity contribution in [3.8, 4) is 5.75 Å². The van der Waals surface area contributed by atoms with Crippen LogP contribution >= 0.6 is 0 Å². The van der Waals surface area contributed by atoms with Gasteiger partial charge in [-0.25, -0.2) is 0 Å². The van der Waals surface area contributed by atoms with E-state index in [1.807, 2.05) is 12.1 Å². The molecular formula is C13H19NO. The summed E-state index contributed by atoms with van der Waals surface area (Å²) in [6, 6.07) is 8.44. The zero-order chi connectivity index (χ0) is 10.7. The fraction of sp³-hybridized carbons (Fsp3) is 0.538. The Kier molecular flexibility index (Phi) is 3.27. The van der Waals surface area contributed by atoms with Crippen molar-refractivity contribution in [1.82, 2.24) is 0 Å². The highest BCUT2D eigenvalue weighted by atomic mass is 16.5. The molecule has 0 aliphatic heterocycles. The van der Waals surface area contributed by atoms with Crippen LogP contribution in [0, 0.1) is 5.92 Å². The molecule has 0 amide bonds. The highest BCUT2D eigenvalue weighted by Crippen LogP contribution is 2.39. The van der Waals surface area contributed by atoms with Crippen LogP contribution in [0.4, 0.5) is 0 Å². The van der Waals surface area contributed by atoms with Gasteiger partial charge in [-0.05, 0) is 48.9 Å². The Morgan fingerprint density at radius 3 is 2.60 bits per heavy atom. The maximum Gasteiger partial charge on any atom is 0.118 e. The lowest BCUT2D eigenvalue weighted by Crippen LogP contribution is -2.17. The van der Waals surface area contributed by atoms with Crippen molar-refractivity contribution in [1.29, 1.82) is 0 Å². The van der Waals surface area contributed by atoms with Crippen molar-refractivity contribution >= 4 is 0 Å². The molecule has 1 aromatic rings. The van der Waals surface area contributed by atoms with Crippen molar-refractivity contribution in [2.45, 2.75) is 25.2 Å². The first-order valence-electron chi connectivity index (χ1n) is 5.69. The Morgan fingerprint density at radius 1 is 1.27 bits per heavy atom. The standard InChI is InChI=1S/C13H19NO/c1-15-12-7-5-10(6-8-12)13-4-2-3-11(13)9-14/h5-8,11,13H,2-4,9,14H2,1H3. The van der Waals surface area contributed by atoms with Crippen LogP contribution in [0.2, 0.25) is 0 Å². The van der Waals surface area contributed by atoms with Crippen molar-refractivity contribution in [3.63, 3.8) is 0 Å². The smallest absolute Gasteiger partial charge is 0.118 e. The topological polar surface area (TPSA) is 35.2 Å². The van der Waals surface area contributed by atoms with E-state index < -0.39 is 0 Å². The van der Waals surface area contributed by atoms with Crippen LogP contribution in [0.15, 0.2) is 24.3 Å². The lowest BCUT2D eigenvalue weighted by molar-refractivity contribution is 0.414. The average Bonchev–Trinajstić information content (AvgIpc) is 2.77. The van der Waals surface area contributed by atoms with Crippen LogP contribution in [0.5, 0.6) is 5.75 Å². The van der Waals surface area contributed by atoms with Crippen molar-refractivity contribution < 1.29 is 4.74 Å². The fourth-order valence-electron chi connectivity index (χ4n) is 2.61. The molecule has 2 rings (SSSR count). The predicted octanol–water partition coefficient (Wildman–Crippen LogP) is 2.54. The summed E-state index contributed by atoms with van der Waals surface area (Å²) in [7, 11) is 1.70. The fourth-order valence-corrected chi connectivity index (χ4v) is 2.61. The Labute approximate surface area is 91.4 Å². The lowest BCUT2D eigenvalue weighted by Gasteiger charge is -2.18. The third kappa shape index (κ3) is 2.15. The summed E-state index contributed by atoms with van der Waals surface area (Å²) in [6.07, 6.45) is 3.89. The predicted molar refractivity (Wildman–Crippen MR) is 62.1 cm³/mol. The first-order chi connectivity index (χ1) is 7.35. The summed E-state index contributed by atoms with van der Waals surface area (Å²) in [5, 5.41) is 0.